The number of nitrogens with one attached hydrogen (secondary N) is 3. The standard InChI is InChI=1S/C21H19F3N6O2/c1-4-17(31)27-13-6-5-7-14(9-13)28-19-15(21(22,23)24)10-26-20(30-19)29-16-11-25-18(32-3)8-12(16)2/h4-11H,1H2,2-3H3,(H,27,31)(H2,26,28,29,30). The second-order valence-electron chi connectivity index (χ2n) is 6.52. The molecule has 1 aromatic carbocycles. The highest BCUT2D eigenvalue weighted by molar-refractivity contribution is 5.99. The number of hydrogen-bond acceptors (Lipinski definition) is 7. The lowest BCUT2D eigenvalue weighted by Gasteiger charge is -2.16. The molecule has 0 aliphatic rings. The van der Waals surface area contributed by atoms with Crippen LogP contribution in [0.25, 0.3) is 0 Å². The second kappa shape index (κ2) is 9.33. The molecule has 0 saturated heterocycles. The Kier molecular flexibility index (Phi) is 6.57. The SMILES string of the molecule is C=CC(=O)Nc1cccc(Nc2nc(Nc3cnc(OC)cc3C)ncc2C(F)(F)F)c1. The van der Waals surface area contributed by atoms with Crippen LogP contribution in [0.5, 0.6) is 5.88 Å². The Balaban J connectivity index is 1.93. The zero-order chi connectivity index (χ0) is 23.3. The zero-order valence-corrected chi connectivity index (χ0v) is 17.1. The highest BCUT2D eigenvalue weighted by Crippen LogP contribution is 2.35. The molecule has 0 fully saturated rings. The summed E-state index contributed by atoms with van der Waals surface area (Å²) in [6, 6.07) is 7.82. The molecule has 3 aromatic rings. The van der Waals surface area contributed by atoms with Crippen molar-refractivity contribution in [2.75, 3.05) is 23.1 Å². The first-order valence-corrected chi connectivity index (χ1v) is 9.22. The summed E-state index contributed by atoms with van der Waals surface area (Å²) in [6.07, 6.45) is -1.45. The number of pyridine rings is 1. The number of benzene rings is 1. The van der Waals surface area contributed by atoms with Gasteiger partial charge in [-0.3, -0.25) is 4.79 Å². The van der Waals surface area contributed by atoms with Gasteiger partial charge in [-0.25, -0.2) is 9.97 Å². The molecule has 1 amide bonds. The fourth-order valence-electron chi connectivity index (χ4n) is 2.64. The van der Waals surface area contributed by atoms with E-state index in [1.807, 2.05) is 0 Å². The smallest absolute Gasteiger partial charge is 0.421 e. The Bertz CT molecular complexity index is 1150. The summed E-state index contributed by atoms with van der Waals surface area (Å²) in [4.78, 5) is 23.3. The number of hydrogen-bond donors (Lipinski definition) is 3. The predicted octanol–water partition coefficient (Wildman–Crippen LogP) is 4.82. The number of rotatable bonds is 7. The third kappa shape index (κ3) is 5.50. The minimum Gasteiger partial charge on any atom is -0.481 e. The van der Waals surface area contributed by atoms with E-state index in [0.717, 1.165) is 11.6 Å². The van der Waals surface area contributed by atoms with E-state index in [2.05, 4.69) is 37.5 Å². The number of anilines is 5. The number of aryl methyl sites for hydroxylation is 1. The van der Waals surface area contributed by atoms with Gasteiger partial charge in [0, 0.05) is 23.6 Å². The van der Waals surface area contributed by atoms with Gasteiger partial charge in [0.2, 0.25) is 17.7 Å². The quantitative estimate of drug-likeness (QED) is 0.449. The molecule has 0 bridgehead atoms. The van der Waals surface area contributed by atoms with Gasteiger partial charge in [0.15, 0.2) is 0 Å². The maximum absolute atomic E-state index is 13.5. The largest absolute Gasteiger partial charge is 0.481 e. The van der Waals surface area contributed by atoms with Crippen molar-refractivity contribution in [1.82, 2.24) is 15.0 Å². The number of ether oxygens (including phenoxy) is 1. The number of carbonyl (C=O) groups excluding carboxylic acids is 1. The number of nitrogens with zero attached hydrogens (tertiary/aromatic N) is 3. The molecule has 2 aromatic heterocycles. The van der Waals surface area contributed by atoms with Crippen LogP contribution >= 0.6 is 0 Å². The first-order valence-electron chi connectivity index (χ1n) is 9.22. The average Bonchev–Trinajstić information content (AvgIpc) is 2.74. The summed E-state index contributed by atoms with van der Waals surface area (Å²) >= 11 is 0. The summed E-state index contributed by atoms with van der Waals surface area (Å²) in [5.74, 6) is -0.574. The van der Waals surface area contributed by atoms with Crippen LogP contribution in [0, 0.1) is 6.92 Å². The number of aromatic nitrogens is 3. The molecular weight excluding hydrogens is 425 g/mol. The molecule has 0 unspecified atom stereocenters. The number of carbonyl (C=O) groups is 1. The molecule has 11 heteroatoms. The van der Waals surface area contributed by atoms with Crippen molar-refractivity contribution >= 4 is 34.7 Å². The number of alkyl halides is 3. The summed E-state index contributed by atoms with van der Waals surface area (Å²) < 4.78 is 45.6. The van der Waals surface area contributed by atoms with Crippen molar-refractivity contribution in [3.8, 4) is 5.88 Å². The van der Waals surface area contributed by atoms with E-state index in [1.54, 1.807) is 25.1 Å². The van der Waals surface area contributed by atoms with Crippen molar-refractivity contribution in [3.05, 3.63) is 66.5 Å². The van der Waals surface area contributed by atoms with E-state index in [-0.39, 0.29) is 11.6 Å². The highest BCUT2D eigenvalue weighted by Gasteiger charge is 2.35. The molecule has 8 nitrogen and oxygen atoms in total. The van der Waals surface area contributed by atoms with Crippen LogP contribution in [-0.2, 0) is 11.0 Å². The topological polar surface area (TPSA) is 101 Å². The first-order chi connectivity index (χ1) is 15.2. The molecule has 0 aliphatic carbocycles. The molecule has 0 atom stereocenters. The molecule has 3 rings (SSSR count). The van der Waals surface area contributed by atoms with E-state index in [0.29, 0.717) is 23.5 Å². The normalized spacial score (nSPS) is 10.9. The maximum Gasteiger partial charge on any atom is 0.421 e. The molecule has 0 radical (unpaired) electrons. The third-order valence-electron chi connectivity index (χ3n) is 4.21. The maximum atomic E-state index is 13.5. The van der Waals surface area contributed by atoms with Crippen LogP contribution in [0.2, 0.25) is 0 Å². The van der Waals surface area contributed by atoms with Crippen LogP contribution in [0.1, 0.15) is 11.1 Å². The first kappa shape index (κ1) is 22.5. The van der Waals surface area contributed by atoms with Gasteiger partial charge in [0.05, 0.1) is 19.0 Å². The van der Waals surface area contributed by atoms with Gasteiger partial charge in [-0.1, -0.05) is 12.6 Å². The number of methoxy groups -OCH3 is 1. The monoisotopic (exact) mass is 444 g/mol. The van der Waals surface area contributed by atoms with Crippen LogP contribution in [0.3, 0.4) is 0 Å². The Labute approximate surface area is 181 Å². The van der Waals surface area contributed by atoms with Gasteiger partial charge in [0.1, 0.15) is 11.4 Å². The lowest BCUT2D eigenvalue weighted by Crippen LogP contribution is -2.13. The van der Waals surface area contributed by atoms with Gasteiger partial charge in [0.25, 0.3) is 0 Å². The third-order valence-corrected chi connectivity index (χ3v) is 4.21. The predicted molar refractivity (Wildman–Crippen MR) is 114 cm³/mol. The molecular formula is C21H19F3N6O2. The second-order valence-corrected chi connectivity index (χ2v) is 6.52. The molecule has 0 saturated carbocycles. The Morgan fingerprint density at radius 1 is 1.12 bits per heavy atom. The number of amides is 1. The lowest BCUT2D eigenvalue weighted by atomic mass is 10.2. The molecule has 0 spiro atoms. The van der Waals surface area contributed by atoms with Gasteiger partial charge in [-0.15, -0.1) is 0 Å². The summed E-state index contributed by atoms with van der Waals surface area (Å²) in [5.41, 5.74) is 0.851. The van der Waals surface area contributed by atoms with Gasteiger partial charge >= 0.3 is 6.18 Å². The molecule has 2 heterocycles. The van der Waals surface area contributed by atoms with Crippen molar-refractivity contribution in [3.63, 3.8) is 0 Å². The van der Waals surface area contributed by atoms with E-state index in [1.165, 1.54) is 25.4 Å². The zero-order valence-electron chi connectivity index (χ0n) is 17.1. The van der Waals surface area contributed by atoms with Gasteiger partial charge < -0.3 is 20.7 Å². The van der Waals surface area contributed by atoms with Crippen LogP contribution in [0.4, 0.5) is 42.0 Å². The highest BCUT2D eigenvalue weighted by atomic mass is 19.4. The molecule has 0 aliphatic heterocycles. The fourth-order valence-corrected chi connectivity index (χ4v) is 2.64. The van der Waals surface area contributed by atoms with Gasteiger partial charge in [-0.05, 0) is 36.8 Å². The van der Waals surface area contributed by atoms with E-state index in [4.69, 9.17) is 4.74 Å². The Hall–Kier alpha value is -4.15. The fraction of sp³-hybridized carbons (Fsp3) is 0.143. The van der Waals surface area contributed by atoms with E-state index in [9.17, 15) is 18.0 Å². The number of halogens is 3. The van der Waals surface area contributed by atoms with Crippen molar-refractivity contribution < 1.29 is 22.7 Å². The molecule has 3 N–H and O–H groups in total. The average molecular weight is 444 g/mol. The minimum atomic E-state index is -4.69. The summed E-state index contributed by atoms with van der Waals surface area (Å²) in [7, 11) is 1.48. The van der Waals surface area contributed by atoms with Crippen LogP contribution in [-0.4, -0.2) is 28.0 Å². The lowest BCUT2D eigenvalue weighted by molar-refractivity contribution is -0.137. The van der Waals surface area contributed by atoms with Crippen molar-refractivity contribution in [1.29, 1.82) is 0 Å². The Morgan fingerprint density at radius 2 is 1.88 bits per heavy atom. The Morgan fingerprint density at radius 3 is 2.53 bits per heavy atom. The van der Waals surface area contributed by atoms with Gasteiger partial charge in [-0.2, -0.15) is 18.2 Å². The summed E-state index contributed by atoms with van der Waals surface area (Å²) in [6.45, 7) is 5.13. The summed E-state index contributed by atoms with van der Waals surface area (Å²) in [5, 5.41) is 8.04. The van der Waals surface area contributed by atoms with Crippen LogP contribution in [0.15, 0.2) is 55.4 Å². The minimum absolute atomic E-state index is 0.0633. The van der Waals surface area contributed by atoms with Crippen LogP contribution < -0.4 is 20.7 Å². The molecule has 32 heavy (non-hydrogen) atoms. The van der Waals surface area contributed by atoms with E-state index < -0.39 is 23.5 Å². The van der Waals surface area contributed by atoms with E-state index >= 15 is 0 Å². The van der Waals surface area contributed by atoms with Crippen molar-refractivity contribution in [2.24, 2.45) is 0 Å². The van der Waals surface area contributed by atoms with Crippen molar-refractivity contribution in [2.45, 2.75) is 13.1 Å². The molecule has 166 valence electrons.